The fourth-order valence-corrected chi connectivity index (χ4v) is 3.93. The van der Waals surface area contributed by atoms with Crippen LogP contribution < -0.4 is 22.0 Å². The number of thiophene rings is 1. The third-order valence-electron chi connectivity index (χ3n) is 4.17. The van der Waals surface area contributed by atoms with Gasteiger partial charge >= 0.3 is 0 Å². The third kappa shape index (κ3) is 4.44. The molecule has 1 aromatic carbocycles. The summed E-state index contributed by atoms with van der Waals surface area (Å²) in [5, 5.41) is 12.4. The van der Waals surface area contributed by atoms with Crippen molar-refractivity contribution in [3.8, 4) is 27.3 Å². The molecule has 0 spiro atoms. The molecule has 28 heavy (non-hydrogen) atoms. The monoisotopic (exact) mass is 393 g/mol. The second-order valence-electron chi connectivity index (χ2n) is 6.19. The van der Waals surface area contributed by atoms with Crippen molar-refractivity contribution in [3.05, 3.63) is 70.7 Å². The lowest BCUT2D eigenvalue weighted by Crippen LogP contribution is -2.26. The van der Waals surface area contributed by atoms with E-state index in [1.165, 1.54) is 12.6 Å². The summed E-state index contributed by atoms with van der Waals surface area (Å²) in [6.07, 6.45) is 9.21. The summed E-state index contributed by atoms with van der Waals surface area (Å²) in [5.41, 5.74) is 14.4. The van der Waals surface area contributed by atoms with E-state index in [1.54, 1.807) is 29.7 Å². The van der Waals surface area contributed by atoms with Crippen molar-refractivity contribution in [1.82, 2.24) is 4.98 Å². The number of nitrogens with two attached hydrogens (primary N) is 2. The van der Waals surface area contributed by atoms with Crippen LogP contribution in [0.1, 0.15) is 18.7 Å². The van der Waals surface area contributed by atoms with Gasteiger partial charge in [-0.05, 0) is 56.8 Å². The lowest BCUT2D eigenvalue weighted by atomic mass is 10.0. The standard InChI is InChI=1S/C22H22N2OS.CH5N/c1-4-5-6-16-8-10-21(26-16)17-11-15(7-9-20(17)25)18-13-24-19(12-23)22(18)14(2)3;1-2/h4-13,24-25H,1,23H2,2-3H3;2H2,1H3/b6-5-,19-12+;. The van der Waals surface area contributed by atoms with Crippen molar-refractivity contribution in [2.45, 2.75) is 13.8 Å². The van der Waals surface area contributed by atoms with E-state index in [4.69, 9.17) is 5.73 Å². The number of phenols is 1. The van der Waals surface area contributed by atoms with Crippen LogP contribution in [0.4, 0.5) is 0 Å². The van der Waals surface area contributed by atoms with Gasteiger partial charge in [0.15, 0.2) is 0 Å². The number of hydrogen-bond donors (Lipinski definition) is 4. The van der Waals surface area contributed by atoms with Gasteiger partial charge < -0.3 is 21.6 Å². The summed E-state index contributed by atoms with van der Waals surface area (Å²) >= 11 is 1.63. The van der Waals surface area contributed by atoms with E-state index < -0.39 is 0 Å². The number of hydrogen-bond acceptors (Lipinski definition) is 4. The van der Waals surface area contributed by atoms with Gasteiger partial charge in [0.25, 0.3) is 0 Å². The largest absolute Gasteiger partial charge is 0.507 e. The highest BCUT2D eigenvalue weighted by Crippen LogP contribution is 2.37. The average molecular weight is 394 g/mol. The molecule has 0 atom stereocenters. The minimum Gasteiger partial charge on any atom is -0.507 e. The van der Waals surface area contributed by atoms with Crippen LogP contribution >= 0.6 is 11.3 Å². The molecule has 146 valence electrons. The summed E-state index contributed by atoms with van der Waals surface area (Å²) < 4.78 is 0. The van der Waals surface area contributed by atoms with Crippen LogP contribution in [0.3, 0.4) is 0 Å². The van der Waals surface area contributed by atoms with Gasteiger partial charge in [0.05, 0.1) is 5.35 Å². The Morgan fingerprint density at radius 2 is 1.89 bits per heavy atom. The van der Waals surface area contributed by atoms with Crippen LogP contribution in [-0.2, 0) is 0 Å². The van der Waals surface area contributed by atoms with Crippen molar-refractivity contribution in [3.63, 3.8) is 0 Å². The number of allylic oxidation sites excluding steroid dienone is 2. The zero-order valence-electron chi connectivity index (χ0n) is 16.5. The highest BCUT2D eigenvalue weighted by Gasteiger charge is 2.11. The summed E-state index contributed by atoms with van der Waals surface area (Å²) in [5.74, 6) is 0.273. The molecule has 0 unspecified atom stereocenters. The zero-order chi connectivity index (χ0) is 20.7. The first-order valence-electron chi connectivity index (χ1n) is 8.92. The zero-order valence-corrected chi connectivity index (χ0v) is 17.3. The molecule has 2 aromatic heterocycles. The normalized spacial score (nSPS) is 11.4. The molecule has 0 radical (unpaired) electrons. The third-order valence-corrected chi connectivity index (χ3v) is 5.26. The molecule has 0 saturated carbocycles. The number of aromatic nitrogens is 1. The molecule has 5 heteroatoms. The van der Waals surface area contributed by atoms with Crippen molar-refractivity contribution >= 4 is 29.2 Å². The van der Waals surface area contributed by atoms with Gasteiger partial charge in [-0.15, -0.1) is 11.3 Å². The smallest absolute Gasteiger partial charge is 0.124 e. The van der Waals surface area contributed by atoms with Gasteiger partial charge in [0.2, 0.25) is 0 Å². The van der Waals surface area contributed by atoms with E-state index in [-0.39, 0.29) is 5.75 Å². The number of benzene rings is 1. The van der Waals surface area contributed by atoms with Crippen LogP contribution in [0, 0.1) is 0 Å². The quantitative estimate of drug-likeness (QED) is 0.509. The lowest BCUT2D eigenvalue weighted by Gasteiger charge is -2.06. The molecule has 0 bridgehead atoms. The second-order valence-corrected chi connectivity index (χ2v) is 7.30. The summed E-state index contributed by atoms with van der Waals surface area (Å²) in [7, 11) is 1.50. The molecule has 0 aliphatic heterocycles. The highest BCUT2D eigenvalue weighted by molar-refractivity contribution is 7.16. The Morgan fingerprint density at radius 3 is 2.54 bits per heavy atom. The number of rotatable bonds is 4. The Balaban J connectivity index is 0.00000136. The predicted molar refractivity (Wildman–Crippen MR) is 123 cm³/mol. The first-order chi connectivity index (χ1) is 13.5. The number of nitrogens with one attached hydrogen (secondary N) is 1. The van der Waals surface area contributed by atoms with E-state index in [0.29, 0.717) is 0 Å². The van der Waals surface area contributed by atoms with E-state index in [0.717, 1.165) is 37.0 Å². The molecule has 2 heterocycles. The molecule has 0 saturated heterocycles. The molecule has 3 rings (SSSR count). The van der Waals surface area contributed by atoms with Gasteiger partial charge in [-0.3, -0.25) is 0 Å². The van der Waals surface area contributed by atoms with Gasteiger partial charge in [0, 0.05) is 38.5 Å². The second kappa shape index (κ2) is 9.78. The average Bonchev–Trinajstić information content (AvgIpc) is 3.35. The van der Waals surface area contributed by atoms with Crippen LogP contribution in [0.2, 0.25) is 0 Å². The lowest BCUT2D eigenvalue weighted by molar-refractivity contribution is 0.477. The minimum absolute atomic E-state index is 0.273. The summed E-state index contributed by atoms with van der Waals surface area (Å²) in [6, 6.07) is 9.77. The maximum absolute atomic E-state index is 10.4. The SMILES string of the molecule is C=C/C=C\c1ccc(-c2cc(-c3c[nH]/c(=C/N)c3=C(C)C)ccc2O)s1.CN. The Morgan fingerprint density at radius 1 is 1.14 bits per heavy atom. The van der Waals surface area contributed by atoms with Gasteiger partial charge in [-0.1, -0.05) is 30.4 Å². The molecule has 0 fully saturated rings. The van der Waals surface area contributed by atoms with Crippen LogP contribution in [0.5, 0.6) is 5.75 Å². The molecule has 6 N–H and O–H groups in total. The molecule has 0 aliphatic rings. The number of aromatic amines is 1. The van der Waals surface area contributed by atoms with Crippen molar-refractivity contribution < 1.29 is 5.11 Å². The molecule has 0 amide bonds. The van der Waals surface area contributed by atoms with Gasteiger partial charge in [-0.25, -0.2) is 0 Å². The Hall–Kier alpha value is -3.02. The van der Waals surface area contributed by atoms with Crippen molar-refractivity contribution in [1.29, 1.82) is 0 Å². The van der Waals surface area contributed by atoms with E-state index in [1.807, 2.05) is 42.6 Å². The van der Waals surface area contributed by atoms with Gasteiger partial charge in [-0.2, -0.15) is 0 Å². The molecular weight excluding hydrogens is 366 g/mol. The van der Waals surface area contributed by atoms with Crippen LogP contribution in [-0.4, -0.2) is 17.1 Å². The first kappa shape index (κ1) is 21.3. The van der Waals surface area contributed by atoms with Gasteiger partial charge in [0.1, 0.15) is 5.75 Å². The Labute approximate surface area is 169 Å². The minimum atomic E-state index is 0.273. The van der Waals surface area contributed by atoms with Crippen molar-refractivity contribution in [2.75, 3.05) is 7.05 Å². The summed E-state index contributed by atoms with van der Waals surface area (Å²) in [6.45, 7) is 7.83. The highest BCUT2D eigenvalue weighted by atomic mass is 32.1. The maximum atomic E-state index is 10.4. The van der Waals surface area contributed by atoms with Crippen molar-refractivity contribution in [2.24, 2.45) is 11.5 Å². The van der Waals surface area contributed by atoms with Crippen LogP contribution in [0.15, 0.2) is 55.3 Å². The fourth-order valence-electron chi connectivity index (χ4n) is 2.99. The number of H-pyrrole nitrogens is 1. The fraction of sp³-hybridized carbons (Fsp3) is 0.130. The number of aromatic hydroxyl groups is 1. The molecule has 3 aromatic rings. The Kier molecular flexibility index (Phi) is 7.44. The van der Waals surface area contributed by atoms with E-state index >= 15 is 0 Å². The number of phenolic OH excluding ortho intramolecular Hbond substituents is 1. The predicted octanol–water partition coefficient (Wildman–Crippen LogP) is 3.78. The Bertz CT molecular complexity index is 1100. The van der Waals surface area contributed by atoms with Crippen LogP contribution in [0.25, 0.3) is 39.4 Å². The van der Waals surface area contributed by atoms with E-state index in [2.05, 4.69) is 31.1 Å². The first-order valence-corrected chi connectivity index (χ1v) is 9.74. The molecular formula is C23H27N3OS. The summed E-state index contributed by atoms with van der Waals surface area (Å²) in [4.78, 5) is 5.36. The molecule has 4 nitrogen and oxygen atoms in total. The maximum Gasteiger partial charge on any atom is 0.124 e. The van der Waals surface area contributed by atoms with E-state index in [9.17, 15) is 5.11 Å². The topological polar surface area (TPSA) is 88.1 Å². The molecule has 0 aliphatic carbocycles.